The van der Waals surface area contributed by atoms with Gasteiger partial charge in [0.1, 0.15) is 0 Å². The average Bonchev–Trinajstić information content (AvgIpc) is 2.49. The Labute approximate surface area is 130 Å². The standard InChI is InChI=1S/C13H9Cl2N3O3/c1-21-13(20)8-6-7(2-3-9(8)14)16-12(19)10-4-5-11(15)18-17-10/h2-6H,1H3,(H,16,19). The van der Waals surface area contributed by atoms with Crippen LogP contribution in [0.25, 0.3) is 0 Å². The van der Waals surface area contributed by atoms with E-state index in [1.807, 2.05) is 0 Å². The summed E-state index contributed by atoms with van der Waals surface area (Å²) in [6, 6.07) is 7.33. The minimum atomic E-state index is -0.595. The summed E-state index contributed by atoms with van der Waals surface area (Å²) in [4.78, 5) is 23.5. The van der Waals surface area contributed by atoms with Gasteiger partial charge in [-0.2, -0.15) is 0 Å². The largest absolute Gasteiger partial charge is 0.465 e. The molecule has 0 fully saturated rings. The summed E-state index contributed by atoms with van der Waals surface area (Å²) in [7, 11) is 1.24. The van der Waals surface area contributed by atoms with E-state index in [4.69, 9.17) is 23.2 Å². The molecule has 1 N–H and O–H groups in total. The van der Waals surface area contributed by atoms with Gasteiger partial charge in [-0.05, 0) is 30.3 Å². The number of rotatable bonds is 3. The Bertz CT molecular complexity index is 690. The van der Waals surface area contributed by atoms with Crippen molar-refractivity contribution in [1.29, 1.82) is 0 Å². The number of anilines is 1. The number of ether oxygens (including phenoxy) is 1. The predicted octanol–water partition coefficient (Wildman–Crippen LogP) is 2.82. The van der Waals surface area contributed by atoms with Crippen LogP contribution in [-0.4, -0.2) is 29.2 Å². The van der Waals surface area contributed by atoms with E-state index >= 15 is 0 Å². The fraction of sp³-hybridized carbons (Fsp3) is 0.0769. The van der Waals surface area contributed by atoms with Gasteiger partial charge in [0.2, 0.25) is 0 Å². The first kappa shape index (κ1) is 15.2. The molecule has 0 atom stereocenters. The van der Waals surface area contributed by atoms with Crippen molar-refractivity contribution >= 4 is 40.8 Å². The van der Waals surface area contributed by atoms with E-state index in [1.165, 1.54) is 31.4 Å². The molecule has 1 aromatic heterocycles. The second kappa shape index (κ2) is 6.51. The third kappa shape index (κ3) is 3.68. The number of nitrogens with zero attached hydrogens (tertiary/aromatic N) is 2. The number of methoxy groups -OCH3 is 1. The highest BCUT2D eigenvalue weighted by molar-refractivity contribution is 6.33. The fourth-order valence-electron chi connectivity index (χ4n) is 1.50. The molecule has 0 radical (unpaired) electrons. The second-order valence-corrected chi connectivity index (χ2v) is 4.68. The first-order valence-corrected chi connectivity index (χ1v) is 6.45. The quantitative estimate of drug-likeness (QED) is 0.877. The second-order valence-electron chi connectivity index (χ2n) is 3.88. The van der Waals surface area contributed by atoms with E-state index in [0.29, 0.717) is 5.69 Å². The summed E-state index contributed by atoms with van der Waals surface area (Å²) in [5.41, 5.74) is 0.620. The van der Waals surface area contributed by atoms with Crippen LogP contribution in [0.15, 0.2) is 30.3 Å². The highest BCUT2D eigenvalue weighted by Crippen LogP contribution is 2.21. The molecule has 1 heterocycles. The lowest BCUT2D eigenvalue weighted by molar-refractivity contribution is 0.0600. The molecular weight excluding hydrogens is 317 g/mol. The van der Waals surface area contributed by atoms with Crippen molar-refractivity contribution < 1.29 is 14.3 Å². The van der Waals surface area contributed by atoms with Crippen LogP contribution in [0.2, 0.25) is 10.2 Å². The minimum absolute atomic E-state index is 0.0916. The molecule has 0 spiro atoms. The Morgan fingerprint density at radius 1 is 1.14 bits per heavy atom. The van der Waals surface area contributed by atoms with Crippen LogP contribution in [-0.2, 0) is 4.74 Å². The summed E-state index contributed by atoms with van der Waals surface area (Å²) in [6.45, 7) is 0. The normalized spacial score (nSPS) is 10.0. The highest BCUT2D eigenvalue weighted by atomic mass is 35.5. The van der Waals surface area contributed by atoms with E-state index in [-0.39, 0.29) is 21.4 Å². The monoisotopic (exact) mass is 325 g/mol. The van der Waals surface area contributed by atoms with Crippen molar-refractivity contribution in [2.45, 2.75) is 0 Å². The number of esters is 1. The van der Waals surface area contributed by atoms with Crippen LogP contribution in [0.1, 0.15) is 20.8 Å². The van der Waals surface area contributed by atoms with Gasteiger partial charge in [-0.3, -0.25) is 4.79 Å². The van der Waals surface area contributed by atoms with E-state index in [9.17, 15) is 9.59 Å². The fourth-order valence-corrected chi connectivity index (χ4v) is 1.80. The van der Waals surface area contributed by atoms with Gasteiger partial charge in [-0.25, -0.2) is 4.79 Å². The zero-order valence-corrected chi connectivity index (χ0v) is 12.3. The van der Waals surface area contributed by atoms with Gasteiger partial charge in [0, 0.05) is 5.69 Å². The van der Waals surface area contributed by atoms with Crippen molar-refractivity contribution in [3.8, 4) is 0 Å². The number of nitrogens with one attached hydrogen (secondary N) is 1. The summed E-state index contributed by atoms with van der Waals surface area (Å²) in [5.74, 6) is -1.08. The molecule has 108 valence electrons. The summed E-state index contributed by atoms with van der Waals surface area (Å²) >= 11 is 11.5. The summed E-state index contributed by atoms with van der Waals surface area (Å²) in [5, 5.41) is 10.2. The molecule has 2 rings (SSSR count). The van der Waals surface area contributed by atoms with Crippen molar-refractivity contribution in [3.05, 3.63) is 51.8 Å². The Kier molecular flexibility index (Phi) is 4.72. The van der Waals surface area contributed by atoms with Gasteiger partial charge in [0.25, 0.3) is 5.91 Å². The minimum Gasteiger partial charge on any atom is -0.465 e. The van der Waals surface area contributed by atoms with Crippen LogP contribution in [0.4, 0.5) is 5.69 Å². The van der Waals surface area contributed by atoms with Gasteiger partial charge in [0.15, 0.2) is 10.8 Å². The van der Waals surface area contributed by atoms with E-state index < -0.39 is 11.9 Å². The number of carbonyl (C=O) groups excluding carboxylic acids is 2. The Balaban J connectivity index is 2.21. The first-order valence-electron chi connectivity index (χ1n) is 5.69. The lowest BCUT2D eigenvalue weighted by atomic mass is 10.2. The molecular formula is C13H9Cl2N3O3. The van der Waals surface area contributed by atoms with Crippen LogP contribution >= 0.6 is 23.2 Å². The molecule has 1 aromatic carbocycles. The maximum atomic E-state index is 12.0. The van der Waals surface area contributed by atoms with Crippen molar-refractivity contribution in [1.82, 2.24) is 10.2 Å². The van der Waals surface area contributed by atoms with Crippen LogP contribution in [0, 0.1) is 0 Å². The van der Waals surface area contributed by atoms with E-state index in [1.54, 1.807) is 6.07 Å². The molecule has 0 aliphatic carbocycles. The Morgan fingerprint density at radius 2 is 1.90 bits per heavy atom. The number of amides is 1. The predicted molar refractivity (Wildman–Crippen MR) is 77.8 cm³/mol. The van der Waals surface area contributed by atoms with Crippen molar-refractivity contribution in [3.63, 3.8) is 0 Å². The molecule has 0 unspecified atom stereocenters. The summed E-state index contributed by atoms with van der Waals surface area (Å²) < 4.78 is 4.60. The van der Waals surface area contributed by atoms with Crippen molar-refractivity contribution in [2.75, 3.05) is 12.4 Å². The maximum absolute atomic E-state index is 12.0. The van der Waals surface area contributed by atoms with Gasteiger partial charge < -0.3 is 10.1 Å². The molecule has 0 aliphatic rings. The van der Waals surface area contributed by atoms with Crippen LogP contribution in [0.5, 0.6) is 0 Å². The number of hydrogen-bond acceptors (Lipinski definition) is 5. The average molecular weight is 326 g/mol. The van der Waals surface area contributed by atoms with Gasteiger partial charge in [-0.15, -0.1) is 10.2 Å². The van der Waals surface area contributed by atoms with Crippen LogP contribution in [0.3, 0.4) is 0 Å². The topological polar surface area (TPSA) is 81.2 Å². The summed E-state index contributed by atoms with van der Waals surface area (Å²) in [6.07, 6.45) is 0. The molecule has 2 aromatic rings. The molecule has 0 aliphatic heterocycles. The zero-order valence-electron chi connectivity index (χ0n) is 10.8. The van der Waals surface area contributed by atoms with Gasteiger partial charge >= 0.3 is 5.97 Å². The highest BCUT2D eigenvalue weighted by Gasteiger charge is 2.14. The smallest absolute Gasteiger partial charge is 0.339 e. The third-order valence-corrected chi connectivity index (χ3v) is 3.03. The number of halogens is 2. The van der Waals surface area contributed by atoms with E-state index in [0.717, 1.165) is 0 Å². The van der Waals surface area contributed by atoms with E-state index in [2.05, 4.69) is 20.3 Å². The number of carbonyl (C=O) groups is 2. The maximum Gasteiger partial charge on any atom is 0.339 e. The zero-order chi connectivity index (χ0) is 15.4. The van der Waals surface area contributed by atoms with Crippen LogP contribution < -0.4 is 5.32 Å². The third-order valence-electron chi connectivity index (χ3n) is 2.49. The first-order chi connectivity index (χ1) is 10.0. The molecule has 1 amide bonds. The number of hydrogen-bond donors (Lipinski definition) is 1. The van der Waals surface area contributed by atoms with Crippen molar-refractivity contribution in [2.24, 2.45) is 0 Å². The SMILES string of the molecule is COC(=O)c1cc(NC(=O)c2ccc(Cl)nn2)ccc1Cl. The molecule has 21 heavy (non-hydrogen) atoms. The van der Waals surface area contributed by atoms with Gasteiger partial charge in [0.05, 0.1) is 17.7 Å². The molecule has 6 nitrogen and oxygen atoms in total. The molecule has 0 saturated carbocycles. The number of aromatic nitrogens is 2. The lowest BCUT2D eigenvalue weighted by Crippen LogP contribution is -2.14. The Hall–Kier alpha value is -2.18. The number of benzene rings is 1. The van der Waals surface area contributed by atoms with Gasteiger partial charge in [-0.1, -0.05) is 23.2 Å². The molecule has 8 heteroatoms. The lowest BCUT2D eigenvalue weighted by Gasteiger charge is -2.07. The molecule has 0 bridgehead atoms. The molecule has 0 saturated heterocycles. The Morgan fingerprint density at radius 3 is 2.52 bits per heavy atom.